The molecule has 1 N–H and O–H groups in total. The zero-order chi connectivity index (χ0) is 16.9. The van der Waals surface area contributed by atoms with E-state index in [1.165, 1.54) is 10.5 Å². The maximum absolute atomic E-state index is 5.63. The Morgan fingerprint density at radius 2 is 1.71 bits per heavy atom. The van der Waals surface area contributed by atoms with E-state index >= 15 is 0 Å². The Labute approximate surface area is 147 Å². The lowest BCUT2D eigenvalue weighted by atomic mass is 10.2. The molecule has 124 valence electrons. The number of methoxy groups -OCH3 is 1. The first kappa shape index (κ1) is 16.5. The molecule has 0 aliphatic rings. The first-order valence-corrected chi connectivity index (χ1v) is 8.35. The van der Waals surface area contributed by atoms with Gasteiger partial charge in [0.2, 0.25) is 0 Å². The van der Waals surface area contributed by atoms with Gasteiger partial charge in [0.05, 0.1) is 14.2 Å². The molecule has 0 aliphatic carbocycles. The number of quaternary nitrogens is 1. The van der Waals surface area contributed by atoms with Crippen molar-refractivity contribution < 1.29 is 9.64 Å². The number of aromatic nitrogens is 2. The molecule has 0 saturated heterocycles. The molecule has 3 rings (SSSR count). The minimum Gasteiger partial charge on any atom is -0.497 e. The van der Waals surface area contributed by atoms with E-state index < -0.39 is 0 Å². The van der Waals surface area contributed by atoms with Crippen LogP contribution in [0.1, 0.15) is 5.56 Å². The molecule has 4 nitrogen and oxygen atoms in total. The molecule has 1 heterocycles. The second kappa shape index (κ2) is 7.47. The van der Waals surface area contributed by atoms with E-state index in [1.54, 1.807) is 7.11 Å². The van der Waals surface area contributed by atoms with Crippen molar-refractivity contribution in [2.24, 2.45) is 0 Å². The molecule has 1 aromatic heterocycles. The second-order valence-electron chi connectivity index (χ2n) is 5.90. The summed E-state index contributed by atoms with van der Waals surface area (Å²) in [6, 6.07) is 18.4. The fourth-order valence-electron chi connectivity index (χ4n) is 2.76. The summed E-state index contributed by atoms with van der Waals surface area (Å²) in [5.74, 6) is 0.844. The zero-order valence-corrected chi connectivity index (χ0v) is 14.8. The Morgan fingerprint density at radius 3 is 2.38 bits per heavy atom. The molecule has 0 amide bonds. The lowest BCUT2D eigenvalue weighted by molar-refractivity contribution is -0.917. The van der Waals surface area contributed by atoms with Crippen LogP contribution in [0.5, 0.6) is 5.75 Å². The van der Waals surface area contributed by atoms with Crippen LogP contribution < -0.4 is 9.64 Å². The summed E-state index contributed by atoms with van der Waals surface area (Å²) in [4.78, 5) is 1.38. The van der Waals surface area contributed by atoms with E-state index in [1.807, 2.05) is 47.3 Å². The lowest BCUT2D eigenvalue weighted by Crippen LogP contribution is -3.06. The van der Waals surface area contributed by atoms with Crippen LogP contribution in [0.15, 0.2) is 67.0 Å². The van der Waals surface area contributed by atoms with Crippen LogP contribution in [-0.2, 0) is 13.2 Å². The third-order valence-corrected chi connectivity index (χ3v) is 4.42. The van der Waals surface area contributed by atoms with Crippen LogP contribution in [-0.4, -0.2) is 23.3 Å². The summed E-state index contributed by atoms with van der Waals surface area (Å²) in [7, 11) is 3.85. The fraction of sp³-hybridized carbons (Fsp3) is 0.211. The largest absolute Gasteiger partial charge is 0.497 e. The first-order valence-electron chi connectivity index (χ1n) is 7.95. The predicted molar refractivity (Wildman–Crippen MR) is 98.2 cm³/mol. The molecule has 24 heavy (non-hydrogen) atoms. The highest BCUT2D eigenvalue weighted by Gasteiger charge is 2.08. The van der Waals surface area contributed by atoms with Crippen molar-refractivity contribution in [1.29, 1.82) is 0 Å². The van der Waals surface area contributed by atoms with E-state index in [0.717, 1.165) is 29.4 Å². The maximum Gasteiger partial charge on any atom is 0.188 e. The minimum absolute atomic E-state index is 0.799. The topological polar surface area (TPSA) is 23.5 Å². The summed E-state index contributed by atoms with van der Waals surface area (Å²) in [6.45, 7) is 1.80. The number of benzene rings is 2. The van der Waals surface area contributed by atoms with Crippen molar-refractivity contribution in [3.05, 3.63) is 77.3 Å². The molecule has 0 radical (unpaired) electrons. The fourth-order valence-corrected chi connectivity index (χ4v) is 3.06. The zero-order valence-electron chi connectivity index (χ0n) is 14.0. The van der Waals surface area contributed by atoms with Crippen LogP contribution in [0.2, 0.25) is 0 Å². The molecule has 0 bridgehead atoms. The highest BCUT2D eigenvalue weighted by Crippen LogP contribution is 2.15. The van der Waals surface area contributed by atoms with Gasteiger partial charge in [-0.05, 0) is 36.5 Å². The van der Waals surface area contributed by atoms with Crippen molar-refractivity contribution >= 4 is 12.2 Å². The second-order valence-corrected chi connectivity index (χ2v) is 6.26. The van der Waals surface area contributed by atoms with E-state index in [0.29, 0.717) is 0 Å². The Bertz CT molecular complexity index is 837. The van der Waals surface area contributed by atoms with Gasteiger partial charge >= 0.3 is 0 Å². The molecular formula is C19H22N3OS+. The van der Waals surface area contributed by atoms with Gasteiger partial charge in [-0.2, -0.15) is 0 Å². The smallest absolute Gasteiger partial charge is 0.188 e. The van der Waals surface area contributed by atoms with Crippen molar-refractivity contribution in [2.45, 2.75) is 13.2 Å². The van der Waals surface area contributed by atoms with Gasteiger partial charge in [-0.15, -0.1) is 0 Å². The number of imidazole rings is 1. The van der Waals surface area contributed by atoms with Crippen LogP contribution in [0.4, 0.5) is 0 Å². The molecule has 1 atom stereocenters. The third kappa shape index (κ3) is 3.75. The van der Waals surface area contributed by atoms with Crippen molar-refractivity contribution in [2.75, 3.05) is 14.2 Å². The monoisotopic (exact) mass is 340 g/mol. The first-order chi connectivity index (χ1) is 11.7. The van der Waals surface area contributed by atoms with E-state index in [9.17, 15) is 0 Å². The summed E-state index contributed by atoms with van der Waals surface area (Å²) in [5.41, 5.74) is 2.37. The highest BCUT2D eigenvalue weighted by atomic mass is 32.1. The van der Waals surface area contributed by atoms with Crippen LogP contribution in [0.25, 0.3) is 5.69 Å². The van der Waals surface area contributed by atoms with E-state index in [-0.39, 0.29) is 0 Å². The summed E-state index contributed by atoms with van der Waals surface area (Å²) < 4.78 is 10.1. The van der Waals surface area contributed by atoms with Crippen molar-refractivity contribution in [3.8, 4) is 11.4 Å². The number of rotatable bonds is 6. The van der Waals surface area contributed by atoms with Gasteiger partial charge in [-0.1, -0.05) is 30.3 Å². The predicted octanol–water partition coefficient (Wildman–Crippen LogP) is 2.69. The molecule has 2 aromatic carbocycles. The molecule has 0 saturated carbocycles. The van der Waals surface area contributed by atoms with Gasteiger partial charge in [0.25, 0.3) is 0 Å². The SMILES string of the molecule is COc1ccc(-n2ccn(C[NH+](C)Cc3ccccc3)c2=S)cc1. The highest BCUT2D eigenvalue weighted by molar-refractivity contribution is 7.71. The molecule has 1 unspecified atom stereocenters. The minimum atomic E-state index is 0.799. The normalized spacial score (nSPS) is 12.1. The number of nitrogens with one attached hydrogen (secondary N) is 1. The molecular weight excluding hydrogens is 318 g/mol. The van der Waals surface area contributed by atoms with Gasteiger partial charge in [-0.3, -0.25) is 9.13 Å². The van der Waals surface area contributed by atoms with Gasteiger partial charge in [0, 0.05) is 23.6 Å². The molecule has 0 aliphatic heterocycles. The Kier molecular flexibility index (Phi) is 5.13. The number of ether oxygens (including phenoxy) is 1. The van der Waals surface area contributed by atoms with E-state index in [2.05, 4.69) is 35.9 Å². The van der Waals surface area contributed by atoms with Crippen LogP contribution in [0, 0.1) is 4.77 Å². The molecule has 0 fully saturated rings. The standard InChI is InChI=1S/C19H21N3OS/c1-20(14-16-6-4-3-5-7-16)15-21-12-13-22(19(21)24)17-8-10-18(23-2)11-9-17/h3-13H,14-15H2,1-2H3/p+1. The molecule has 3 aromatic rings. The van der Waals surface area contributed by atoms with Gasteiger partial charge in [0.1, 0.15) is 12.3 Å². The quantitative estimate of drug-likeness (QED) is 0.698. The number of hydrogen-bond acceptors (Lipinski definition) is 2. The number of nitrogens with zero attached hydrogens (tertiary/aromatic N) is 2. The summed E-state index contributed by atoms with van der Waals surface area (Å²) in [6.07, 6.45) is 4.06. The molecule has 5 heteroatoms. The molecule has 0 spiro atoms. The maximum atomic E-state index is 5.63. The average Bonchev–Trinajstić information content (AvgIpc) is 2.96. The van der Waals surface area contributed by atoms with Gasteiger partial charge in [-0.25, -0.2) is 0 Å². The Morgan fingerprint density at radius 1 is 1.00 bits per heavy atom. The Hall–Kier alpha value is -2.37. The Balaban J connectivity index is 1.73. The summed E-state index contributed by atoms with van der Waals surface area (Å²) >= 11 is 5.63. The van der Waals surface area contributed by atoms with Crippen molar-refractivity contribution in [1.82, 2.24) is 9.13 Å². The van der Waals surface area contributed by atoms with Crippen molar-refractivity contribution in [3.63, 3.8) is 0 Å². The van der Waals surface area contributed by atoms with Crippen LogP contribution in [0.3, 0.4) is 0 Å². The summed E-state index contributed by atoms with van der Waals surface area (Å²) in [5, 5.41) is 0. The average molecular weight is 340 g/mol. The number of hydrogen-bond donors (Lipinski definition) is 1. The van der Waals surface area contributed by atoms with E-state index in [4.69, 9.17) is 17.0 Å². The van der Waals surface area contributed by atoms with Crippen LogP contribution >= 0.6 is 12.2 Å². The van der Waals surface area contributed by atoms with Gasteiger partial charge in [0.15, 0.2) is 11.4 Å². The van der Waals surface area contributed by atoms with Gasteiger partial charge < -0.3 is 9.64 Å². The lowest BCUT2D eigenvalue weighted by Gasteiger charge is -2.14. The third-order valence-electron chi connectivity index (χ3n) is 3.99.